The Labute approximate surface area is 234 Å². The molecule has 0 bridgehead atoms. The standard InChI is InChI=1S/C30H46BN5O3/c1-23(2)18-25(31-36(4)22-30(3,39-31)14-10-5-6-11-15-32)20-28(37)26(19-24-12-8-7-9-13-24)35-29(38)27-21-33-16-17-34-27/h7-9,12-13,16-17,21,23,25-26H,5-6,10-11,14-15,18-20,22,32H2,1-4H3,(H,35,38)/t25-,26+,30?/m1/s1. The predicted octanol–water partition coefficient (Wildman–Crippen LogP) is 4.31. The minimum Gasteiger partial charge on any atom is -0.415 e. The van der Waals surface area contributed by atoms with E-state index in [9.17, 15) is 9.59 Å². The van der Waals surface area contributed by atoms with Gasteiger partial charge in [0.25, 0.3) is 5.91 Å². The van der Waals surface area contributed by atoms with Crippen LogP contribution in [0.2, 0.25) is 5.82 Å². The lowest BCUT2D eigenvalue weighted by Gasteiger charge is -2.28. The van der Waals surface area contributed by atoms with Gasteiger partial charge >= 0.3 is 7.05 Å². The third kappa shape index (κ3) is 9.82. The van der Waals surface area contributed by atoms with Crippen LogP contribution in [-0.4, -0.2) is 65.3 Å². The Morgan fingerprint density at radius 2 is 1.90 bits per heavy atom. The molecule has 39 heavy (non-hydrogen) atoms. The number of ketones is 1. The van der Waals surface area contributed by atoms with Crippen molar-refractivity contribution in [1.82, 2.24) is 20.1 Å². The molecule has 1 aliphatic heterocycles. The highest BCUT2D eigenvalue weighted by Crippen LogP contribution is 2.37. The van der Waals surface area contributed by atoms with Crippen LogP contribution in [-0.2, 0) is 15.9 Å². The second kappa shape index (κ2) is 15.2. The molecule has 9 heteroatoms. The molecule has 1 fully saturated rings. The van der Waals surface area contributed by atoms with E-state index < -0.39 is 11.9 Å². The summed E-state index contributed by atoms with van der Waals surface area (Å²) < 4.78 is 6.72. The van der Waals surface area contributed by atoms with Crippen LogP contribution in [0.15, 0.2) is 48.9 Å². The number of hydrogen-bond acceptors (Lipinski definition) is 7. The maximum atomic E-state index is 13.9. The molecule has 0 saturated carbocycles. The van der Waals surface area contributed by atoms with Crippen LogP contribution < -0.4 is 11.1 Å². The molecular weight excluding hydrogens is 489 g/mol. The lowest BCUT2D eigenvalue weighted by Crippen LogP contribution is -2.45. The summed E-state index contributed by atoms with van der Waals surface area (Å²) in [5, 5.41) is 2.95. The average molecular weight is 536 g/mol. The maximum Gasteiger partial charge on any atom is 0.386 e. The molecule has 3 atom stereocenters. The second-order valence-electron chi connectivity index (χ2n) is 11.7. The van der Waals surface area contributed by atoms with E-state index in [4.69, 9.17) is 10.4 Å². The smallest absolute Gasteiger partial charge is 0.386 e. The summed E-state index contributed by atoms with van der Waals surface area (Å²) in [6.07, 6.45) is 11.5. The number of amides is 1. The minimum atomic E-state index is -0.669. The van der Waals surface area contributed by atoms with Crippen LogP contribution in [0.25, 0.3) is 0 Å². The number of benzene rings is 1. The van der Waals surface area contributed by atoms with E-state index in [0.29, 0.717) is 18.8 Å². The zero-order chi connectivity index (χ0) is 28.3. The van der Waals surface area contributed by atoms with E-state index in [1.165, 1.54) is 18.6 Å². The third-order valence-electron chi connectivity index (χ3n) is 7.50. The van der Waals surface area contributed by atoms with Crippen LogP contribution in [0.1, 0.15) is 81.8 Å². The van der Waals surface area contributed by atoms with Crippen molar-refractivity contribution >= 4 is 18.7 Å². The Kier molecular flexibility index (Phi) is 12.1. The lowest BCUT2D eigenvalue weighted by atomic mass is 9.60. The summed E-state index contributed by atoms with van der Waals surface area (Å²) in [6.45, 7) is 8.14. The van der Waals surface area contributed by atoms with Crippen molar-refractivity contribution in [3.05, 3.63) is 60.2 Å². The summed E-state index contributed by atoms with van der Waals surface area (Å²) in [6, 6.07) is 9.12. The number of carbonyl (C=O) groups excluding carboxylic acids is 2. The number of likely N-dealkylation sites (N-methyl/N-ethyl adjacent to an activating group) is 1. The summed E-state index contributed by atoms with van der Waals surface area (Å²) in [4.78, 5) is 37.2. The van der Waals surface area contributed by atoms with E-state index in [-0.39, 0.29) is 29.9 Å². The Morgan fingerprint density at radius 1 is 1.15 bits per heavy atom. The number of carbonyl (C=O) groups is 2. The molecular formula is C30H46BN5O3. The number of rotatable bonds is 16. The summed E-state index contributed by atoms with van der Waals surface area (Å²) in [5.74, 6) is 0.0429. The molecule has 0 radical (unpaired) electrons. The molecule has 1 unspecified atom stereocenters. The normalized spacial score (nSPS) is 19.3. The fourth-order valence-corrected chi connectivity index (χ4v) is 5.68. The number of nitrogens with one attached hydrogen (secondary N) is 1. The van der Waals surface area contributed by atoms with Crippen LogP contribution >= 0.6 is 0 Å². The Morgan fingerprint density at radius 3 is 2.56 bits per heavy atom. The van der Waals surface area contributed by atoms with Gasteiger partial charge in [0, 0.05) is 25.4 Å². The van der Waals surface area contributed by atoms with Crippen molar-refractivity contribution in [3.63, 3.8) is 0 Å². The van der Waals surface area contributed by atoms with Crippen LogP contribution in [0, 0.1) is 5.92 Å². The summed E-state index contributed by atoms with van der Waals surface area (Å²) >= 11 is 0. The van der Waals surface area contributed by atoms with Gasteiger partial charge in [-0.3, -0.25) is 14.6 Å². The van der Waals surface area contributed by atoms with Crippen molar-refractivity contribution < 1.29 is 14.2 Å². The molecule has 1 amide bonds. The number of nitrogens with zero attached hydrogens (tertiary/aromatic N) is 3. The molecule has 0 aliphatic carbocycles. The van der Waals surface area contributed by atoms with Crippen molar-refractivity contribution in [2.24, 2.45) is 11.7 Å². The molecule has 1 aromatic heterocycles. The number of hydrogen-bond donors (Lipinski definition) is 2. The fraction of sp³-hybridized carbons (Fsp3) is 0.600. The van der Waals surface area contributed by atoms with E-state index in [1.54, 1.807) is 0 Å². The quantitative estimate of drug-likeness (QED) is 0.243. The van der Waals surface area contributed by atoms with Gasteiger partial charge in [0.05, 0.1) is 17.8 Å². The van der Waals surface area contributed by atoms with Gasteiger partial charge in [0.15, 0.2) is 5.78 Å². The molecule has 3 rings (SSSR count). The molecule has 212 valence electrons. The molecule has 1 saturated heterocycles. The number of aromatic nitrogens is 2. The summed E-state index contributed by atoms with van der Waals surface area (Å²) in [7, 11) is 1.96. The first-order chi connectivity index (χ1) is 18.7. The largest absolute Gasteiger partial charge is 0.415 e. The number of unbranched alkanes of at least 4 members (excludes halogenated alkanes) is 3. The first-order valence-corrected chi connectivity index (χ1v) is 14.4. The van der Waals surface area contributed by atoms with Gasteiger partial charge in [0.1, 0.15) is 5.69 Å². The van der Waals surface area contributed by atoms with Gasteiger partial charge in [-0.1, -0.05) is 69.9 Å². The predicted molar refractivity (Wildman–Crippen MR) is 156 cm³/mol. The summed E-state index contributed by atoms with van der Waals surface area (Å²) in [5.41, 5.74) is 6.60. The van der Waals surface area contributed by atoms with Gasteiger partial charge in [0.2, 0.25) is 0 Å². The topological polar surface area (TPSA) is 110 Å². The highest BCUT2D eigenvalue weighted by Gasteiger charge is 2.47. The van der Waals surface area contributed by atoms with E-state index in [1.807, 2.05) is 30.3 Å². The van der Waals surface area contributed by atoms with E-state index in [2.05, 4.69) is 47.9 Å². The molecule has 1 aromatic carbocycles. The maximum absolute atomic E-state index is 13.9. The van der Waals surface area contributed by atoms with Crippen LogP contribution in [0.4, 0.5) is 0 Å². The Bertz CT molecular complexity index is 1030. The van der Waals surface area contributed by atoms with Crippen LogP contribution in [0.3, 0.4) is 0 Å². The SMILES string of the molecule is CC(C)C[C@H](CC(=O)[C@H](Cc1ccccc1)NC(=O)c1cnccn1)B1OC(C)(CCCCCCN)CN1C. The van der Waals surface area contributed by atoms with Crippen LogP contribution in [0.5, 0.6) is 0 Å². The average Bonchev–Trinajstić information content (AvgIpc) is 3.22. The van der Waals surface area contributed by atoms with Gasteiger partial charge in [-0.25, -0.2) is 4.98 Å². The molecule has 2 heterocycles. The lowest BCUT2D eigenvalue weighted by molar-refractivity contribution is -0.121. The zero-order valence-corrected chi connectivity index (χ0v) is 24.1. The van der Waals surface area contributed by atoms with E-state index in [0.717, 1.165) is 57.2 Å². The second-order valence-corrected chi connectivity index (χ2v) is 11.7. The molecule has 1 aliphatic rings. The van der Waals surface area contributed by atoms with Crippen molar-refractivity contribution in [3.8, 4) is 0 Å². The highest BCUT2D eigenvalue weighted by atomic mass is 16.5. The first-order valence-electron chi connectivity index (χ1n) is 14.4. The monoisotopic (exact) mass is 535 g/mol. The first kappa shape index (κ1) is 30.9. The molecule has 3 N–H and O–H groups in total. The Hall–Kier alpha value is -2.62. The van der Waals surface area contributed by atoms with Crippen molar-refractivity contribution in [2.75, 3.05) is 20.1 Å². The van der Waals surface area contributed by atoms with Crippen molar-refractivity contribution in [1.29, 1.82) is 0 Å². The van der Waals surface area contributed by atoms with Gasteiger partial charge in [-0.05, 0) is 57.1 Å². The molecule has 8 nitrogen and oxygen atoms in total. The number of Topliss-reactive ketones (excluding diaryl/α,β-unsaturated/α-hetero) is 1. The van der Waals surface area contributed by atoms with Gasteiger partial charge < -0.3 is 20.5 Å². The molecule has 2 aromatic rings. The third-order valence-corrected chi connectivity index (χ3v) is 7.50. The number of nitrogens with two attached hydrogens (primary N) is 1. The van der Waals surface area contributed by atoms with E-state index >= 15 is 0 Å². The highest BCUT2D eigenvalue weighted by molar-refractivity contribution is 6.51. The minimum absolute atomic E-state index is 0.00845. The van der Waals surface area contributed by atoms with Gasteiger partial charge in [-0.2, -0.15) is 0 Å². The zero-order valence-electron chi connectivity index (χ0n) is 24.1. The Balaban J connectivity index is 1.73. The van der Waals surface area contributed by atoms with Gasteiger partial charge in [-0.15, -0.1) is 0 Å². The molecule has 0 spiro atoms. The van der Waals surface area contributed by atoms with Crippen molar-refractivity contribution in [2.45, 2.75) is 89.6 Å². The fourth-order valence-electron chi connectivity index (χ4n) is 5.68.